The van der Waals surface area contributed by atoms with E-state index in [0.717, 1.165) is 11.1 Å². The van der Waals surface area contributed by atoms with Crippen LogP contribution in [0.25, 0.3) is 0 Å². The van der Waals surface area contributed by atoms with Crippen molar-refractivity contribution in [1.29, 1.82) is 0 Å². The topological polar surface area (TPSA) is 71.1 Å². The first-order valence-corrected chi connectivity index (χ1v) is 11.9. The molecule has 0 saturated heterocycles. The Kier molecular flexibility index (Phi) is 9.16. The van der Waals surface area contributed by atoms with Crippen LogP contribution in [-0.2, 0) is 19.1 Å². The van der Waals surface area contributed by atoms with Gasteiger partial charge in [-0.05, 0) is 73.9 Å². The molecule has 0 aliphatic heterocycles. The Balaban J connectivity index is 0.000000211. The van der Waals surface area contributed by atoms with Gasteiger partial charge < -0.3 is 18.9 Å². The van der Waals surface area contributed by atoms with Crippen LogP contribution in [0.15, 0.2) is 48.5 Å². The van der Waals surface area contributed by atoms with E-state index in [9.17, 15) is 35.9 Å². The van der Waals surface area contributed by atoms with Crippen molar-refractivity contribution in [1.82, 2.24) is 0 Å². The molecule has 0 aromatic heterocycles. The smallest absolute Gasteiger partial charge is 0.466 e. The summed E-state index contributed by atoms with van der Waals surface area (Å²) >= 11 is 0. The van der Waals surface area contributed by atoms with Crippen molar-refractivity contribution in [3.63, 3.8) is 0 Å². The maximum atomic E-state index is 12.0. The van der Waals surface area contributed by atoms with Gasteiger partial charge in [0.1, 0.15) is 11.5 Å². The molecule has 2 aliphatic rings. The van der Waals surface area contributed by atoms with E-state index < -0.39 is 12.7 Å². The molecule has 0 heterocycles. The van der Waals surface area contributed by atoms with Gasteiger partial charge in [-0.25, -0.2) is 0 Å². The van der Waals surface area contributed by atoms with Crippen molar-refractivity contribution in [2.75, 3.05) is 13.2 Å². The highest BCUT2D eigenvalue weighted by molar-refractivity contribution is 5.78. The summed E-state index contributed by atoms with van der Waals surface area (Å²) in [5.41, 5.74) is 1.65. The third-order valence-corrected chi connectivity index (χ3v) is 5.84. The summed E-state index contributed by atoms with van der Waals surface area (Å²) < 4.78 is 89.2. The van der Waals surface area contributed by atoms with Gasteiger partial charge >= 0.3 is 24.7 Å². The van der Waals surface area contributed by atoms with E-state index in [1.807, 2.05) is 0 Å². The highest BCUT2D eigenvalue weighted by Crippen LogP contribution is 2.49. The lowest BCUT2D eigenvalue weighted by Crippen LogP contribution is -2.17. The summed E-state index contributed by atoms with van der Waals surface area (Å²) in [6.07, 6.45) is -8.01. The first-order valence-electron chi connectivity index (χ1n) is 11.9. The molecule has 2 saturated carbocycles. The van der Waals surface area contributed by atoms with Crippen molar-refractivity contribution in [3.8, 4) is 11.5 Å². The lowest BCUT2D eigenvalue weighted by Gasteiger charge is -2.09. The Labute approximate surface area is 214 Å². The number of hydrogen-bond donors (Lipinski definition) is 0. The molecular weight excluding hydrogens is 522 g/mol. The summed E-state index contributed by atoms with van der Waals surface area (Å²) in [4.78, 5) is 22.9. The second-order valence-electron chi connectivity index (χ2n) is 8.64. The zero-order valence-corrected chi connectivity index (χ0v) is 20.5. The highest BCUT2D eigenvalue weighted by Gasteiger charge is 2.46. The van der Waals surface area contributed by atoms with Crippen molar-refractivity contribution >= 4 is 11.9 Å². The van der Waals surface area contributed by atoms with Crippen LogP contribution < -0.4 is 9.47 Å². The van der Waals surface area contributed by atoms with Gasteiger partial charge in [-0.1, -0.05) is 24.3 Å². The SMILES string of the molecule is CCOC(=O)C1CC1c1ccc(OC(F)(F)F)cc1.CCOC(=O)C1CC1c1ccc(OC(F)(F)F)cc1. The van der Waals surface area contributed by atoms with Crippen LogP contribution in [0.5, 0.6) is 11.5 Å². The molecule has 4 atom stereocenters. The zero-order valence-electron chi connectivity index (χ0n) is 20.5. The number of carbonyl (C=O) groups excluding carboxylic acids is 2. The standard InChI is InChI=1S/2C13H13F3O3/c2*1-2-18-12(17)11-7-10(11)8-3-5-9(6-4-8)19-13(14,15)16/h2*3-6,10-11H,2,7H2,1H3. The van der Waals surface area contributed by atoms with Crippen molar-refractivity contribution in [2.24, 2.45) is 11.8 Å². The first kappa shape index (κ1) is 29.1. The molecule has 12 heteroatoms. The molecule has 0 spiro atoms. The third kappa shape index (κ3) is 8.84. The number of rotatable bonds is 8. The molecule has 0 bridgehead atoms. The Morgan fingerprint density at radius 1 is 0.658 bits per heavy atom. The minimum Gasteiger partial charge on any atom is -0.466 e. The van der Waals surface area contributed by atoms with Crippen LogP contribution in [-0.4, -0.2) is 37.9 Å². The number of halogens is 6. The fraction of sp³-hybridized carbons (Fsp3) is 0.462. The van der Waals surface area contributed by atoms with Crippen molar-refractivity contribution in [3.05, 3.63) is 59.7 Å². The van der Waals surface area contributed by atoms with E-state index >= 15 is 0 Å². The number of alkyl halides is 6. The number of benzene rings is 2. The second kappa shape index (κ2) is 12.0. The fourth-order valence-electron chi connectivity index (χ4n) is 3.98. The maximum absolute atomic E-state index is 12.0. The van der Waals surface area contributed by atoms with Crippen LogP contribution >= 0.6 is 0 Å². The molecule has 2 fully saturated rings. The minimum atomic E-state index is -4.69. The van der Waals surface area contributed by atoms with Crippen LogP contribution in [0.3, 0.4) is 0 Å². The Hall–Kier alpha value is -3.44. The van der Waals surface area contributed by atoms with Gasteiger partial charge in [-0.2, -0.15) is 0 Å². The summed E-state index contributed by atoms with van der Waals surface area (Å²) in [6, 6.07) is 11.2. The predicted molar refractivity (Wildman–Crippen MR) is 121 cm³/mol. The molecule has 208 valence electrons. The molecule has 2 aliphatic carbocycles. The Bertz CT molecular complexity index is 994. The molecule has 2 aromatic rings. The molecule has 2 aromatic carbocycles. The molecule has 6 nitrogen and oxygen atoms in total. The quantitative estimate of drug-likeness (QED) is 0.277. The molecule has 38 heavy (non-hydrogen) atoms. The molecule has 0 radical (unpaired) electrons. The Morgan fingerprint density at radius 2 is 0.974 bits per heavy atom. The number of hydrogen-bond acceptors (Lipinski definition) is 6. The first-order chi connectivity index (χ1) is 17.8. The van der Waals surface area contributed by atoms with Gasteiger partial charge in [0, 0.05) is 0 Å². The van der Waals surface area contributed by atoms with E-state index in [1.165, 1.54) is 24.3 Å². The summed E-state index contributed by atoms with van der Waals surface area (Å²) in [7, 11) is 0. The average molecular weight is 548 g/mol. The van der Waals surface area contributed by atoms with Gasteiger partial charge in [0.05, 0.1) is 25.0 Å². The third-order valence-electron chi connectivity index (χ3n) is 5.84. The van der Waals surface area contributed by atoms with E-state index in [2.05, 4.69) is 9.47 Å². The summed E-state index contributed by atoms with van der Waals surface area (Å²) in [5.74, 6) is -1.28. The van der Waals surface area contributed by atoms with Crippen molar-refractivity contribution in [2.45, 2.75) is 51.2 Å². The van der Waals surface area contributed by atoms with Gasteiger partial charge in [0.15, 0.2) is 0 Å². The van der Waals surface area contributed by atoms with Gasteiger partial charge in [-0.15, -0.1) is 26.3 Å². The lowest BCUT2D eigenvalue weighted by atomic mass is 10.1. The number of ether oxygens (including phenoxy) is 4. The summed E-state index contributed by atoms with van der Waals surface area (Å²) in [6.45, 7) is 4.14. The molecule has 4 unspecified atom stereocenters. The largest absolute Gasteiger partial charge is 0.573 e. The van der Waals surface area contributed by atoms with Crippen LogP contribution in [0.4, 0.5) is 26.3 Å². The monoisotopic (exact) mass is 548 g/mol. The van der Waals surface area contributed by atoms with E-state index in [1.54, 1.807) is 38.1 Å². The maximum Gasteiger partial charge on any atom is 0.573 e. The predicted octanol–water partition coefficient (Wildman–Crippen LogP) is 6.50. The normalized spacial score (nSPS) is 21.9. The fourth-order valence-corrected chi connectivity index (χ4v) is 3.98. The van der Waals surface area contributed by atoms with Gasteiger partial charge in [-0.3, -0.25) is 9.59 Å². The molecule has 0 amide bonds. The zero-order chi connectivity index (χ0) is 28.1. The van der Waals surface area contributed by atoms with E-state index in [-0.39, 0.29) is 47.1 Å². The van der Waals surface area contributed by atoms with E-state index in [0.29, 0.717) is 26.1 Å². The van der Waals surface area contributed by atoms with Gasteiger partial charge in [0.2, 0.25) is 0 Å². The van der Waals surface area contributed by atoms with Crippen LogP contribution in [0.1, 0.15) is 49.7 Å². The summed E-state index contributed by atoms with van der Waals surface area (Å²) in [5, 5.41) is 0. The minimum absolute atomic E-state index is 0.0407. The second-order valence-corrected chi connectivity index (χ2v) is 8.64. The molecule has 4 rings (SSSR count). The number of esters is 2. The lowest BCUT2D eigenvalue weighted by molar-refractivity contribution is -0.275. The van der Waals surface area contributed by atoms with E-state index in [4.69, 9.17) is 9.47 Å². The van der Waals surface area contributed by atoms with Crippen LogP contribution in [0, 0.1) is 11.8 Å². The van der Waals surface area contributed by atoms with Gasteiger partial charge in [0.25, 0.3) is 0 Å². The molecular formula is C26H26F6O6. The molecule has 0 N–H and O–H groups in total. The average Bonchev–Trinajstić information content (AvgIpc) is 3.73. The van der Waals surface area contributed by atoms with Crippen molar-refractivity contribution < 1.29 is 54.9 Å². The number of carbonyl (C=O) groups is 2. The van der Waals surface area contributed by atoms with Crippen LogP contribution in [0.2, 0.25) is 0 Å². The Morgan fingerprint density at radius 3 is 1.24 bits per heavy atom. The highest BCUT2D eigenvalue weighted by atomic mass is 19.4.